The molecule has 1 saturated carbocycles. The second-order valence-electron chi connectivity index (χ2n) is 13.1. The molecule has 2 rings (SSSR count). The maximum absolute atomic E-state index is 13.8. The highest BCUT2D eigenvalue weighted by molar-refractivity contribution is 6.74. The fourth-order valence-electron chi connectivity index (χ4n) is 3.66. The molecule has 0 heterocycles. The third kappa shape index (κ3) is 5.87. The van der Waals surface area contributed by atoms with E-state index in [0.29, 0.717) is 6.42 Å². The molecule has 0 radical (unpaired) electrons. The second kappa shape index (κ2) is 9.34. The highest BCUT2D eigenvalue weighted by Crippen LogP contribution is 2.43. The average Bonchev–Trinajstić information content (AvgIpc) is 2.65. The summed E-state index contributed by atoms with van der Waals surface area (Å²) in [5.74, 6) is -3.59. The van der Waals surface area contributed by atoms with Crippen molar-refractivity contribution in [3.8, 4) is 0 Å². The Hall–Kier alpha value is -1.80. The lowest BCUT2D eigenvalue weighted by molar-refractivity contribution is -0.191. The number of carbonyl (C=O) groups is 4. The topological polar surface area (TPSA) is 96.0 Å². The van der Waals surface area contributed by atoms with Gasteiger partial charge in [0.1, 0.15) is 0 Å². The number of allylic oxidation sites excluding steroid dienone is 1. The fraction of sp³-hybridized carbons (Fsp3) is 0.769. The molecule has 2 aliphatic carbocycles. The van der Waals surface area contributed by atoms with Gasteiger partial charge in [0.2, 0.25) is 12.2 Å². The summed E-state index contributed by atoms with van der Waals surface area (Å²) in [6, 6.07) is 0. The van der Waals surface area contributed by atoms with Crippen LogP contribution in [0.1, 0.15) is 68.7 Å². The van der Waals surface area contributed by atoms with Crippen LogP contribution >= 0.6 is 0 Å². The maximum Gasteiger partial charge on any atom is 0.312 e. The summed E-state index contributed by atoms with van der Waals surface area (Å²) in [4.78, 5) is 52.9. The third-order valence-corrected chi connectivity index (χ3v) is 11.4. The smallest absolute Gasteiger partial charge is 0.312 e. The number of Topliss-reactive ketones (excluding diaryl/α,β-unsaturated/α-hetero) is 2. The van der Waals surface area contributed by atoms with E-state index in [9.17, 15) is 19.2 Å². The van der Waals surface area contributed by atoms with Gasteiger partial charge in [-0.05, 0) is 66.1 Å². The summed E-state index contributed by atoms with van der Waals surface area (Å²) < 4.78 is 17.7. The minimum Gasteiger partial charge on any atom is -0.449 e. The van der Waals surface area contributed by atoms with E-state index in [4.69, 9.17) is 13.9 Å². The van der Waals surface area contributed by atoms with Crippen molar-refractivity contribution in [2.24, 2.45) is 22.7 Å². The van der Waals surface area contributed by atoms with Gasteiger partial charge in [-0.25, -0.2) is 0 Å². The molecule has 7 nitrogen and oxygen atoms in total. The molecule has 1 fully saturated rings. The summed E-state index contributed by atoms with van der Waals surface area (Å²) in [5, 5.41) is -0.0988. The van der Waals surface area contributed by atoms with E-state index < -0.39 is 72.8 Å². The molecule has 0 unspecified atom stereocenters. The minimum absolute atomic E-state index is 0.0988. The molecular formula is C26H42O7Si. The molecule has 0 aromatic rings. The van der Waals surface area contributed by atoms with E-state index in [0.717, 1.165) is 0 Å². The van der Waals surface area contributed by atoms with E-state index in [1.807, 2.05) is 12.2 Å². The SMILES string of the molecule is CC(C)(C)C(=O)O[C@H]1C(=O)[C@H]2[C@@H](O[Si](C)(C)C(C)(C)C)C=CC[C@H]2C(=O)[C@@H]1OC(=O)C(C)(C)C. The highest BCUT2D eigenvalue weighted by Gasteiger charge is 2.57. The van der Waals surface area contributed by atoms with Gasteiger partial charge in [-0.3, -0.25) is 19.2 Å². The quantitative estimate of drug-likeness (QED) is 0.319. The number of ether oxygens (including phenoxy) is 2. The molecule has 8 heteroatoms. The number of hydrogen-bond donors (Lipinski definition) is 0. The van der Waals surface area contributed by atoms with Gasteiger partial charge in [-0.1, -0.05) is 32.9 Å². The maximum atomic E-state index is 13.8. The molecule has 0 aromatic carbocycles. The van der Waals surface area contributed by atoms with E-state index in [-0.39, 0.29) is 5.04 Å². The van der Waals surface area contributed by atoms with E-state index in [1.54, 1.807) is 41.5 Å². The van der Waals surface area contributed by atoms with Gasteiger partial charge in [-0.15, -0.1) is 0 Å². The Bertz CT molecular complexity index is 867. The lowest BCUT2D eigenvalue weighted by atomic mass is 9.68. The van der Waals surface area contributed by atoms with Gasteiger partial charge in [0.25, 0.3) is 0 Å². The summed E-state index contributed by atoms with van der Waals surface area (Å²) in [6.07, 6.45) is 0.475. The number of ketones is 2. The molecular weight excluding hydrogens is 452 g/mol. The first kappa shape index (κ1) is 28.4. The lowest BCUT2D eigenvalue weighted by Crippen LogP contribution is -2.62. The minimum atomic E-state index is -2.28. The summed E-state index contributed by atoms with van der Waals surface area (Å²) >= 11 is 0. The van der Waals surface area contributed by atoms with Gasteiger partial charge in [0.05, 0.1) is 22.9 Å². The molecule has 0 amide bonds. The monoisotopic (exact) mass is 494 g/mol. The zero-order valence-corrected chi connectivity index (χ0v) is 23.6. The van der Waals surface area contributed by atoms with Crippen LogP contribution < -0.4 is 0 Å². The normalized spacial score (nSPS) is 28.4. The van der Waals surface area contributed by atoms with Crippen LogP contribution in [0.25, 0.3) is 0 Å². The molecule has 2 aliphatic rings. The van der Waals surface area contributed by atoms with Gasteiger partial charge >= 0.3 is 11.9 Å². The van der Waals surface area contributed by atoms with Crippen LogP contribution in [0.4, 0.5) is 0 Å². The van der Waals surface area contributed by atoms with Crippen molar-refractivity contribution < 1.29 is 33.1 Å². The van der Waals surface area contributed by atoms with Gasteiger partial charge in [0.15, 0.2) is 19.9 Å². The van der Waals surface area contributed by atoms with E-state index >= 15 is 0 Å². The van der Waals surface area contributed by atoms with Crippen LogP contribution in [0, 0.1) is 22.7 Å². The molecule has 0 aromatic heterocycles. The Morgan fingerprint density at radius 2 is 1.26 bits per heavy atom. The van der Waals surface area contributed by atoms with E-state index in [2.05, 4.69) is 33.9 Å². The van der Waals surface area contributed by atoms with Crippen molar-refractivity contribution in [3.63, 3.8) is 0 Å². The van der Waals surface area contributed by atoms with Crippen LogP contribution in [0.2, 0.25) is 18.1 Å². The molecule has 0 bridgehead atoms. The van der Waals surface area contributed by atoms with Crippen molar-refractivity contribution in [1.82, 2.24) is 0 Å². The number of fused-ring (bicyclic) bond motifs is 1. The predicted molar refractivity (Wildman–Crippen MR) is 131 cm³/mol. The average molecular weight is 495 g/mol. The fourth-order valence-corrected chi connectivity index (χ4v) is 4.92. The van der Waals surface area contributed by atoms with Crippen molar-refractivity contribution in [3.05, 3.63) is 12.2 Å². The molecule has 34 heavy (non-hydrogen) atoms. The lowest BCUT2D eigenvalue weighted by Gasteiger charge is -2.46. The molecule has 192 valence electrons. The predicted octanol–water partition coefficient (Wildman–Crippen LogP) is 4.64. The first-order valence-corrected chi connectivity index (χ1v) is 14.9. The number of rotatable bonds is 4. The number of carbonyl (C=O) groups excluding carboxylic acids is 4. The molecule has 5 atom stereocenters. The second-order valence-corrected chi connectivity index (χ2v) is 17.9. The van der Waals surface area contributed by atoms with Crippen LogP contribution in [0.15, 0.2) is 12.2 Å². The van der Waals surface area contributed by atoms with Gasteiger partial charge in [-0.2, -0.15) is 0 Å². The third-order valence-electron chi connectivity index (χ3n) is 6.96. The molecule has 0 N–H and O–H groups in total. The molecule has 0 aliphatic heterocycles. The first-order valence-electron chi connectivity index (χ1n) is 12.0. The Morgan fingerprint density at radius 3 is 1.68 bits per heavy atom. The van der Waals surface area contributed by atoms with Gasteiger partial charge in [0, 0.05) is 5.92 Å². The van der Waals surface area contributed by atoms with Gasteiger partial charge < -0.3 is 13.9 Å². The van der Waals surface area contributed by atoms with Crippen molar-refractivity contribution in [2.75, 3.05) is 0 Å². The number of hydrogen-bond acceptors (Lipinski definition) is 7. The Balaban J connectivity index is 2.49. The van der Waals surface area contributed by atoms with Crippen molar-refractivity contribution >= 4 is 31.8 Å². The van der Waals surface area contributed by atoms with E-state index in [1.165, 1.54) is 0 Å². The van der Waals surface area contributed by atoms with Crippen molar-refractivity contribution in [1.29, 1.82) is 0 Å². The molecule has 0 spiro atoms. The highest BCUT2D eigenvalue weighted by atomic mass is 28.4. The zero-order valence-electron chi connectivity index (χ0n) is 22.6. The Kier molecular flexibility index (Phi) is 7.81. The molecule has 0 saturated heterocycles. The zero-order chi connectivity index (χ0) is 26.4. The van der Waals surface area contributed by atoms with Crippen LogP contribution in [-0.2, 0) is 33.1 Å². The van der Waals surface area contributed by atoms with Crippen LogP contribution in [0.3, 0.4) is 0 Å². The number of esters is 2. The summed E-state index contributed by atoms with van der Waals surface area (Å²) in [7, 11) is -2.28. The van der Waals surface area contributed by atoms with Crippen LogP contribution in [0.5, 0.6) is 0 Å². The van der Waals surface area contributed by atoms with Crippen LogP contribution in [-0.4, -0.2) is 50.1 Å². The first-order chi connectivity index (χ1) is 15.2. The largest absolute Gasteiger partial charge is 0.449 e. The Labute approximate surface area is 205 Å². The summed E-state index contributed by atoms with van der Waals surface area (Å²) in [5.41, 5.74) is -1.79. The standard InChI is InChI=1S/C26H42O7Si/c1-24(2,3)22(29)31-20-18(27)15-13-12-14-16(33-34(10,11)26(7,8)9)17(15)19(28)21(20)32-23(30)25(4,5)6/h12,14-17,20-21H,13H2,1-11H3/t15-,16+,17-,20+,21+/m1/s1. The summed E-state index contributed by atoms with van der Waals surface area (Å²) in [6.45, 7) is 20.5. The van der Waals surface area contributed by atoms with Crippen molar-refractivity contribution in [2.45, 2.75) is 105 Å². The Morgan fingerprint density at radius 1 is 0.824 bits per heavy atom.